The number of rotatable bonds is 5. The Bertz CT molecular complexity index is 2190. The van der Waals surface area contributed by atoms with Gasteiger partial charge >= 0.3 is 0 Å². The maximum Gasteiger partial charge on any atom is 0.276 e. The van der Waals surface area contributed by atoms with Gasteiger partial charge in [0.05, 0.1) is 45.9 Å². The number of amides is 2. The van der Waals surface area contributed by atoms with Crippen molar-refractivity contribution in [2.75, 3.05) is 6.61 Å². The average Bonchev–Trinajstić information content (AvgIpc) is 3.63. The number of ether oxygens (including phenoxy) is 1. The van der Waals surface area contributed by atoms with Crippen molar-refractivity contribution < 1.29 is 39.9 Å². The van der Waals surface area contributed by atoms with Crippen LogP contribution in [0, 0.1) is 0 Å². The predicted octanol–water partition coefficient (Wildman–Crippen LogP) is 2.54. The zero-order chi connectivity index (χ0) is 31.1. The Morgan fingerprint density at radius 1 is 0.956 bits per heavy atom. The number of aliphatic hydroxyl groups is 3. The Kier molecular flexibility index (Phi) is 6.10. The third-order valence-corrected chi connectivity index (χ3v) is 8.74. The van der Waals surface area contributed by atoms with Gasteiger partial charge < -0.3 is 39.8 Å². The van der Waals surface area contributed by atoms with Gasteiger partial charge in [0.25, 0.3) is 11.8 Å². The minimum Gasteiger partial charge on any atom is -0.508 e. The van der Waals surface area contributed by atoms with E-state index in [9.17, 15) is 35.1 Å². The third-order valence-electron chi connectivity index (χ3n) is 8.74. The fourth-order valence-electron chi connectivity index (χ4n) is 6.77. The summed E-state index contributed by atoms with van der Waals surface area (Å²) in [6.45, 7) is -0.357. The van der Waals surface area contributed by atoms with Crippen LogP contribution < -0.4 is 5.43 Å². The van der Waals surface area contributed by atoms with E-state index >= 15 is 0 Å². The van der Waals surface area contributed by atoms with Crippen LogP contribution in [0.1, 0.15) is 38.9 Å². The number of carbonyl (C=O) groups is 2. The van der Waals surface area contributed by atoms with Gasteiger partial charge in [0.2, 0.25) is 0 Å². The molecule has 1 fully saturated rings. The Morgan fingerprint density at radius 2 is 1.69 bits per heavy atom. The number of carbonyl (C=O) groups excluding carboxylic acids is 2. The number of fused-ring (bicyclic) bond motifs is 10. The lowest BCUT2D eigenvalue weighted by Gasteiger charge is -2.37. The van der Waals surface area contributed by atoms with Crippen molar-refractivity contribution in [2.45, 2.75) is 37.5 Å². The Labute approximate surface area is 253 Å². The molecule has 5 heterocycles. The highest BCUT2D eigenvalue weighted by Crippen LogP contribution is 2.47. The zero-order valence-electron chi connectivity index (χ0n) is 23.5. The molecule has 13 nitrogen and oxygen atoms in total. The number of phenolic OH excluding ortho intramolecular Hbond substituents is 2. The third kappa shape index (κ3) is 3.96. The minimum atomic E-state index is -1.24. The number of benzene rings is 3. The van der Waals surface area contributed by atoms with Crippen molar-refractivity contribution in [2.24, 2.45) is 0 Å². The number of nitrogens with one attached hydrogen (secondary N) is 2. The molecule has 0 aliphatic carbocycles. The molecule has 13 heteroatoms. The van der Waals surface area contributed by atoms with Crippen LogP contribution in [-0.4, -0.2) is 81.8 Å². The van der Waals surface area contributed by atoms with E-state index in [0.717, 1.165) is 10.6 Å². The monoisotopic (exact) mass is 609 g/mol. The van der Waals surface area contributed by atoms with Crippen LogP contribution >= 0.6 is 0 Å². The summed E-state index contributed by atoms with van der Waals surface area (Å²) >= 11 is 0. The van der Waals surface area contributed by atoms with Gasteiger partial charge in [0.15, 0.2) is 6.23 Å². The first kappa shape index (κ1) is 27.5. The van der Waals surface area contributed by atoms with Crippen molar-refractivity contribution in [1.82, 2.24) is 25.0 Å². The molecule has 6 aromatic rings. The number of nitrogens with zero attached hydrogens (tertiary/aromatic N) is 3. The summed E-state index contributed by atoms with van der Waals surface area (Å²) in [4.78, 5) is 35.8. The van der Waals surface area contributed by atoms with Gasteiger partial charge in [-0.05, 0) is 35.9 Å². The predicted molar refractivity (Wildman–Crippen MR) is 161 cm³/mol. The van der Waals surface area contributed by atoms with Gasteiger partial charge in [-0.3, -0.25) is 14.6 Å². The molecule has 3 aromatic carbocycles. The molecule has 3 aromatic heterocycles. The van der Waals surface area contributed by atoms with Crippen LogP contribution in [0.4, 0.5) is 0 Å². The second-order valence-electron chi connectivity index (χ2n) is 11.4. The molecular formula is C32H27N5O8. The number of hydrazine groups is 1. The number of aliphatic hydroxyl groups excluding tert-OH is 3. The molecule has 2 amide bonds. The molecule has 0 spiro atoms. The number of hydrogen-bond donors (Lipinski definition) is 7. The average molecular weight is 610 g/mol. The molecule has 228 valence electrons. The van der Waals surface area contributed by atoms with E-state index in [1.54, 1.807) is 35.2 Å². The van der Waals surface area contributed by atoms with Crippen LogP contribution in [0.25, 0.3) is 43.6 Å². The van der Waals surface area contributed by atoms with Crippen molar-refractivity contribution in [3.8, 4) is 11.5 Å². The van der Waals surface area contributed by atoms with Crippen LogP contribution in [-0.2, 0) is 11.3 Å². The van der Waals surface area contributed by atoms with E-state index in [-0.39, 0.29) is 35.6 Å². The maximum absolute atomic E-state index is 14.3. The van der Waals surface area contributed by atoms with Gasteiger partial charge in [-0.2, -0.15) is 0 Å². The highest BCUT2D eigenvalue weighted by molar-refractivity contribution is 6.39. The first-order chi connectivity index (χ1) is 21.8. The molecule has 1 saturated heterocycles. The molecule has 7 N–H and O–H groups in total. The lowest BCUT2D eigenvalue weighted by molar-refractivity contribution is -0.203. The van der Waals surface area contributed by atoms with Crippen LogP contribution in [0.15, 0.2) is 60.9 Å². The Morgan fingerprint density at radius 3 is 2.42 bits per heavy atom. The lowest BCUT2D eigenvalue weighted by Crippen LogP contribution is -2.46. The van der Waals surface area contributed by atoms with E-state index < -0.39 is 43.0 Å². The molecule has 4 unspecified atom stereocenters. The number of phenols is 2. The number of aromatic nitrogens is 3. The summed E-state index contributed by atoms with van der Waals surface area (Å²) in [6.07, 6.45) is -1.38. The Balaban J connectivity index is 1.46. The normalized spacial score (nSPS) is 22.0. The molecule has 2 aliphatic rings. The van der Waals surface area contributed by atoms with Crippen molar-refractivity contribution in [3.05, 3.63) is 77.6 Å². The number of hydrogen-bond acceptors (Lipinski definition) is 10. The number of imide groups is 1. The lowest BCUT2D eigenvalue weighted by atomic mass is 9.96. The number of H-pyrrole nitrogens is 1. The number of aromatic hydroxyl groups is 2. The molecule has 0 radical (unpaired) electrons. The summed E-state index contributed by atoms with van der Waals surface area (Å²) in [7, 11) is 0. The first-order valence-corrected chi connectivity index (χ1v) is 14.4. The summed E-state index contributed by atoms with van der Waals surface area (Å²) in [5, 5.41) is 55.3. The van der Waals surface area contributed by atoms with Gasteiger partial charge in [0.1, 0.15) is 23.7 Å². The number of pyridine rings is 1. The highest BCUT2D eigenvalue weighted by atomic mass is 16.5. The molecule has 2 aliphatic heterocycles. The molecule has 4 atom stereocenters. The second-order valence-corrected chi connectivity index (χ2v) is 11.4. The van der Waals surface area contributed by atoms with Gasteiger partial charge in [-0.15, -0.1) is 0 Å². The van der Waals surface area contributed by atoms with E-state index in [2.05, 4.69) is 15.4 Å². The van der Waals surface area contributed by atoms with Gasteiger partial charge in [-0.25, -0.2) is 10.4 Å². The highest BCUT2D eigenvalue weighted by Gasteiger charge is 2.44. The van der Waals surface area contributed by atoms with Gasteiger partial charge in [-0.1, -0.05) is 6.07 Å². The van der Waals surface area contributed by atoms with Crippen molar-refractivity contribution in [1.29, 1.82) is 0 Å². The zero-order valence-corrected chi connectivity index (χ0v) is 23.5. The topological polar surface area (TPSA) is 193 Å². The van der Waals surface area contributed by atoms with Crippen LogP contribution in [0.5, 0.6) is 11.5 Å². The first-order valence-electron chi connectivity index (χ1n) is 14.4. The number of aromatic amines is 1. The van der Waals surface area contributed by atoms with E-state index in [1.807, 2.05) is 6.07 Å². The summed E-state index contributed by atoms with van der Waals surface area (Å²) < 4.78 is 7.71. The molecule has 8 rings (SSSR count). The molecular weight excluding hydrogens is 582 g/mol. The van der Waals surface area contributed by atoms with Crippen LogP contribution in [0.2, 0.25) is 0 Å². The quantitative estimate of drug-likeness (QED) is 0.143. The SMILES string of the molecule is O=C1c2c(c3c4ccc(O)cc4n(C4OC(CO)C(O)CC4O)c3c3[nH]c4cc(O)ccc4c23)C(=O)N1NCc1cccnc1. The summed E-state index contributed by atoms with van der Waals surface area (Å²) in [5.41, 5.74) is 5.69. The second kappa shape index (κ2) is 9.99. The Hall–Kier alpha value is -5.05. The maximum atomic E-state index is 14.3. The van der Waals surface area contributed by atoms with E-state index in [4.69, 9.17) is 4.74 Å². The largest absolute Gasteiger partial charge is 0.508 e. The van der Waals surface area contributed by atoms with Crippen LogP contribution in [0.3, 0.4) is 0 Å². The fourth-order valence-corrected chi connectivity index (χ4v) is 6.77. The molecule has 0 bridgehead atoms. The standard InChI is InChI=1S/C32H27N5O8/c38-13-23-21(41)10-22(42)32(45-23)36-20-9-16(40)4-6-18(20)25-27-26(24-17-5-3-15(39)8-19(17)35-28(24)29(25)36)30(43)37(31(27)44)34-12-14-2-1-7-33-11-14/h1-9,11,21-23,32,34-35,38-42H,10,12-13H2. The summed E-state index contributed by atoms with van der Waals surface area (Å²) in [6, 6.07) is 12.8. The minimum absolute atomic E-state index is 0.0135. The molecule has 45 heavy (non-hydrogen) atoms. The smallest absolute Gasteiger partial charge is 0.276 e. The van der Waals surface area contributed by atoms with E-state index in [1.165, 1.54) is 24.3 Å². The van der Waals surface area contributed by atoms with E-state index in [0.29, 0.717) is 43.6 Å². The van der Waals surface area contributed by atoms with Gasteiger partial charge in [0, 0.05) is 59.0 Å². The van der Waals surface area contributed by atoms with Crippen molar-refractivity contribution >= 4 is 55.4 Å². The fraction of sp³-hybridized carbons (Fsp3) is 0.219. The van der Waals surface area contributed by atoms with Crippen molar-refractivity contribution in [3.63, 3.8) is 0 Å². The molecule has 0 saturated carbocycles. The summed E-state index contributed by atoms with van der Waals surface area (Å²) in [5.74, 6) is -1.27.